The summed E-state index contributed by atoms with van der Waals surface area (Å²) in [5.74, 6) is 0.791. The minimum Gasteiger partial charge on any atom is -0.357 e. The summed E-state index contributed by atoms with van der Waals surface area (Å²) in [6, 6.07) is 2.53. The summed E-state index contributed by atoms with van der Waals surface area (Å²) in [5.41, 5.74) is 0. The number of halogens is 1. The van der Waals surface area contributed by atoms with Crippen molar-refractivity contribution in [3.8, 4) is 6.07 Å². The molecule has 0 aromatic carbocycles. The van der Waals surface area contributed by atoms with Gasteiger partial charge in [-0.15, -0.1) is 0 Å². The van der Waals surface area contributed by atoms with Crippen molar-refractivity contribution in [1.29, 1.82) is 5.26 Å². The van der Waals surface area contributed by atoms with Gasteiger partial charge in [-0.25, -0.2) is 4.99 Å². The summed E-state index contributed by atoms with van der Waals surface area (Å²) in [6.07, 6.45) is 3.08. The monoisotopic (exact) mass is 254 g/mol. The molecule has 2 N–H and O–H groups in total. The van der Waals surface area contributed by atoms with Gasteiger partial charge in [0.2, 0.25) is 0 Å². The maximum absolute atomic E-state index is 9.01. The van der Waals surface area contributed by atoms with E-state index in [9.17, 15) is 0 Å². The smallest absolute Gasteiger partial charge is 0.191 e. The summed E-state index contributed by atoms with van der Waals surface area (Å²) >= 11 is 5.69. The second kappa shape index (κ2) is 7.18. The molecule has 1 aliphatic rings. The van der Waals surface area contributed by atoms with Gasteiger partial charge in [0, 0.05) is 17.6 Å². The number of nitrogens with one attached hydrogen (secondary N) is 2. The van der Waals surface area contributed by atoms with Gasteiger partial charge in [-0.2, -0.15) is 5.26 Å². The van der Waals surface area contributed by atoms with Crippen LogP contribution < -0.4 is 10.6 Å². The zero-order valence-corrected chi connectivity index (χ0v) is 10.9. The van der Waals surface area contributed by atoms with E-state index >= 15 is 0 Å². The van der Waals surface area contributed by atoms with E-state index in [2.05, 4.69) is 28.3 Å². The van der Waals surface area contributed by atoms with Gasteiger partial charge in [0.15, 0.2) is 5.96 Å². The highest BCUT2D eigenvalue weighted by Crippen LogP contribution is 2.24. The normalized spacial score (nSPS) is 24.2. The Morgan fingerprint density at radius 3 is 2.94 bits per heavy atom. The fraction of sp³-hybridized carbons (Fsp3) is 0.667. The number of nitrogens with zero attached hydrogens (tertiary/aromatic N) is 2. The highest BCUT2D eigenvalue weighted by molar-refractivity contribution is 6.29. The van der Waals surface area contributed by atoms with Crippen molar-refractivity contribution in [2.45, 2.75) is 32.2 Å². The lowest BCUT2D eigenvalue weighted by atomic mass is 10.1. The predicted molar refractivity (Wildman–Crippen MR) is 70.8 cm³/mol. The molecule has 0 aromatic heterocycles. The number of aliphatic imine (C=N–C) groups is 1. The van der Waals surface area contributed by atoms with E-state index in [1.54, 1.807) is 0 Å². The van der Waals surface area contributed by atoms with Gasteiger partial charge in [0.25, 0.3) is 0 Å². The fourth-order valence-corrected chi connectivity index (χ4v) is 2.01. The zero-order chi connectivity index (χ0) is 12.7. The van der Waals surface area contributed by atoms with Crippen LogP contribution in [-0.2, 0) is 0 Å². The predicted octanol–water partition coefficient (Wildman–Crippen LogP) is 1.99. The molecule has 0 amide bonds. The van der Waals surface area contributed by atoms with Crippen LogP contribution in [0.5, 0.6) is 0 Å². The van der Waals surface area contributed by atoms with E-state index in [1.165, 1.54) is 0 Å². The van der Waals surface area contributed by atoms with Gasteiger partial charge in [-0.3, -0.25) is 0 Å². The van der Waals surface area contributed by atoms with E-state index in [1.807, 2.05) is 6.92 Å². The Morgan fingerprint density at radius 1 is 1.59 bits per heavy atom. The molecule has 0 aliphatic heterocycles. The molecule has 0 bridgehead atoms. The van der Waals surface area contributed by atoms with Gasteiger partial charge in [0.05, 0.1) is 18.5 Å². The maximum Gasteiger partial charge on any atom is 0.191 e. The number of rotatable bonds is 4. The Kier molecular flexibility index (Phi) is 5.85. The molecule has 1 fully saturated rings. The molecule has 0 saturated heterocycles. The Labute approximate surface area is 108 Å². The van der Waals surface area contributed by atoms with Crippen LogP contribution in [0.1, 0.15) is 26.2 Å². The van der Waals surface area contributed by atoms with Gasteiger partial charge in [-0.1, -0.05) is 18.2 Å². The highest BCUT2D eigenvalue weighted by Gasteiger charge is 2.27. The van der Waals surface area contributed by atoms with Crippen LogP contribution in [0.2, 0.25) is 0 Å². The molecule has 2 unspecified atom stereocenters. The average Bonchev–Trinajstić information content (AvgIpc) is 2.73. The molecule has 17 heavy (non-hydrogen) atoms. The second-order valence-corrected chi connectivity index (χ2v) is 4.66. The van der Waals surface area contributed by atoms with E-state index in [4.69, 9.17) is 16.9 Å². The van der Waals surface area contributed by atoms with Gasteiger partial charge in [-0.05, 0) is 26.2 Å². The van der Waals surface area contributed by atoms with Crippen LogP contribution in [0.15, 0.2) is 16.6 Å². The van der Waals surface area contributed by atoms with Crippen molar-refractivity contribution in [3.05, 3.63) is 11.6 Å². The van der Waals surface area contributed by atoms with Crippen LogP contribution in [0.25, 0.3) is 0 Å². The average molecular weight is 255 g/mol. The third-order valence-electron chi connectivity index (χ3n) is 2.76. The maximum atomic E-state index is 9.01. The Balaban J connectivity index is 2.57. The largest absolute Gasteiger partial charge is 0.357 e. The van der Waals surface area contributed by atoms with Crippen molar-refractivity contribution < 1.29 is 0 Å². The first-order valence-corrected chi connectivity index (χ1v) is 6.33. The molecule has 94 valence electrons. The standard InChI is InChI=1S/C12H19ClN4/c1-3-15-12(16-8-9(2)13)17-11-6-4-5-10(11)7-14/h10-11H,2-6,8H2,1H3,(H2,15,16,17). The minimum atomic E-state index is 0.0815. The third kappa shape index (κ3) is 4.66. The molecule has 2 atom stereocenters. The van der Waals surface area contributed by atoms with Crippen molar-refractivity contribution in [2.75, 3.05) is 13.1 Å². The van der Waals surface area contributed by atoms with Crippen LogP contribution in [0.3, 0.4) is 0 Å². The molecule has 5 heteroatoms. The molecule has 0 heterocycles. The van der Waals surface area contributed by atoms with E-state index in [-0.39, 0.29) is 12.0 Å². The number of hydrogen-bond acceptors (Lipinski definition) is 2. The van der Waals surface area contributed by atoms with Crippen molar-refractivity contribution in [3.63, 3.8) is 0 Å². The van der Waals surface area contributed by atoms with Crippen LogP contribution in [-0.4, -0.2) is 25.1 Å². The van der Waals surface area contributed by atoms with Crippen LogP contribution >= 0.6 is 11.6 Å². The topological polar surface area (TPSA) is 60.2 Å². The minimum absolute atomic E-state index is 0.0815. The summed E-state index contributed by atoms with van der Waals surface area (Å²) in [4.78, 5) is 4.30. The molecular formula is C12H19ClN4. The lowest BCUT2D eigenvalue weighted by Crippen LogP contribution is -2.44. The van der Waals surface area contributed by atoms with Gasteiger partial charge < -0.3 is 10.6 Å². The van der Waals surface area contributed by atoms with Crippen molar-refractivity contribution in [1.82, 2.24) is 10.6 Å². The first kappa shape index (κ1) is 13.9. The lowest BCUT2D eigenvalue weighted by Gasteiger charge is -2.19. The van der Waals surface area contributed by atoms with Crippen LogP contribution in [0, 0.1) is 17.2 Å². The Hall–Kier alpha value is -1.21. The van der Waals surface area contributed by atoms with E-state index < -0.39 is 0 Å². The van der Waals surface area contributed by atoms with Gasteiger partial charge >= 0.3 is 0 Å². The molecule has 0 spiro atoms. The van der Waals surface area contributed by atoms with Crippen molar-refractivity contribution in [2.24, 2.45) is 10.9 Å². The highest BCUT2D eigenvalue weighted by atomic mass is 35.5. The summed E-state index contributed by atoms with van der Waals surface area (Å²) < 4.78 is 0. The van der Waals surface area contributed by atoms with Crippen molar-refractivity contribution >= 4 is 17.6 Å². The first-order chi connectivity index (χ1) is 8.17. The first-order valence-electron chi connectivity index (χ1n) is 5.95. The Morgan fingerprint density at radius 2 is 2.35 bits per heavy atom. The van der Waals surface area contributed by atoms with Gasteiger partial charge in [0.1, 0.15) is 0 Å². The third-order valence-corrected chi connectivity index (χ3v) is 2.88. The number of guanidine groups is 1. The molecule has 1 saturated carbocycles. The Bertz CT molecular complexity index is 332. The fourth-order valence-electron chi connectivity index (χ4n) is 1.95. The summed E-state index contributed by atoms with van der Waals surface area (Å²) in [5, 5.41) is 15.9. The molecule has 1 aliphatic carbocycles. The van der Waals surface area contributed by atoms with Crippen LogP contribution in [0.4, 0.5) is 0 Å². The lowest BCUT2D eigenvalue weighted by molar-refractivity contribution is 0.533. The molecule has 0 aromatic rings. The number of hydrogen-bond donors (Lipinski definition) is 2. The quantitative estimate of drug-likeness (QED) is 0.596. The molecular weight excluding hydrogens is 236 g/mol. The number of nitriles is 1. The second-order valence-electron chi connectivity index (χ2n) is 4.13. The molecule has 4 nitrogen and oxygen atoms in total. The van der Waals surface area contributed by atoms with E-state index in [0.29, 0.717) is 17.5 Å². The summed E-state index contributed by atoms with van der Waals surface area (Å²) in [6.45, 7) is 6.78. The molecule has 0 radical (unpaired) electrons. The SMILES string of the molecule is C=C(Cl)CN=C(NCC)NC1CCCC1C#N. The summed E-state index contributed by atoms with van der Waals surface area (Å²) in [7, 11) is 0. The molecule has 1 rings (SSSR count). The zero-order valence-electron chi connectivity index (χ0n) is 10.2. The van der Waals surface area contributed by atoms with E-state index in [0.717, 1.165) is 25.8 Å².